The largest absolute Gasteiger partial charge is 0.383 e. The predicted molar refractivity (Wildman–Crippen MR) is 135 cm³/mol. The summed E-state index contributed by atoms with van der Waals surface area (Å²) in [6, 6.07) is 13.1. The molecule has 0 spiro atoms. The molecule has 0 unspecified atom stereocenters. The number of carbonyl (C=O) groups is 3. The molecule has 11 heteroatoms. The molecule has 10 nitrogen and oxygen atoms in total. The van der Waals surface area contributed by atoms with Crippen molar-refractivity contribution in [1.82, 2.24) is 9.80 Å². The minimum atomic E-state index is -0.471. The van der Waals surface area contributed by atoms with Crippen LogP contribution in [-0.2, 0) is 19.1 Å². The van der Waals surface area contributed by atoms with Crippen molar-refractivity contribution in [3.8, 4) is 0 Å². The molecule has 0 bridgehead atoms. The van der Waals surface area contributed by atoms with Crippen LogP contribution in [0, 0.1) is 5.82 Å². The van der Waals surface area contributed by atoms with Crippen molar-refractivity contribution in [2.45, 2.75) is 0 Å². The van der Waals surface area contributed by atoms with E-state index in [1.54, 1.807) is 29.2 Å². The van der Waals surface area contributed by atoms with Gasteiger partial charge in [-0.1, -0.05) is 12.1 Å². The Hall–Kier alpha value is -3.70. The molecule has 2 aromatic rings. The second kappa shape index (κ2) is 13.4. The predicted octanol–water partition coefficient (Wildman–Crippen LogP) is 2.24. The average Bonchev–Trinajstić information content (AvgIpc) is 2.88. The van der Waals surface area contributed by atoms with Crippen LogP contribution < -0.4 is 15.5 Å². The SMILES string of the molecule is COCCN(CC(=O)Nc1ccc(N2CCN(C(=O)Nc3ccccc3F)CC2)cc1)C(=O)COC. The Bertz CT molecular complexity index is 1030. The van der Waals surface area contributed by atoms with Crippen molar-refractivity contribution < 1.29 is 28.2 Å². The van der Waals surface area contributed by atoms with Gasteiger partial charge in [0.25, 0.3) is 0 Å². The van der Waals surface area contributed by atoms with Gasteiger partial charge in [-0.3, -0.25) is 9.59 Å². The number of carbonyl (C=O) groups excluding carboxylic acids is 3. The van der Waals surface area contributed by atoms with E-state index in [9.17, 15) is 18.8 Å². The lowest BCUT2D eigenvalue weighted by atomic mass is 10.2. The first-order chi connectivity index (χ1) is 17.4. The van der Waals surface area contributed by atoms with Gasteiger partial charge in [0.1, 0.15) is 19.0 Å². The van der Waals surface area contributed by atoms with Crippen LogP contribution in [0.5, 0.6) is 0 Å². The quantitative estimate of drug-likeness (QED) is 0.518. The third-order valence-corrected chi connectivity index (χ3v) is 5.72. The molecule has 1 saturated heterocycles. The lowest BCUT2D eigenvalue weighted by Crippen LogP contribution is -2.50. The molecule has 36 heavy (non-hydrogen) atoms. The molecule has 0 atom stereocenters. The summed E-state index contributed by atoms with van der Waals surface area (Å²) in [4.78, 5) is 42.3. The van der Waals surface area contributed by atoms with Crippen molar-refractivity contribution in [1.29, 1.82) is 0 Å². The van der Waals surface area contributed by atoms with Gasteiger partial charge in [0, 0.05) is 58.3 Å². The van der Waals surface area contributed by atoms with Crippen LogP contribution in [0.15, 0.2) is 48.5 Å². The maximum atomic E-state index is 13.8. The van der Waals surface area contributed by atoms with E-state index in [1.807, 2.05) is 12.1 Å². The van der Waals surface area contributed by atoms with Crippen molar-refractivity contribution >= 4 is 34.9 Å². The van der Waals surface area contributed by atoms with Crippen molar-refractivity contribution in [3.63, 3.8) is 0 Å². The van der Waals surface area contributed by atoms with Crippen molar-refractivity contribution in [3.05, 3.63) is 54.3 Å². The number of para-hydroxylation sites is 1. The van der Waals surface area contributed by atoms with Gasteiger partial charge >= 0.3 is 6.03 Å². The number of benzene rings is 2. The van der Waals surface area contributed by atoms with E-state index in [4.69, 9.17) is 9.47 Å². The maximum Gasteiger partial charge on any atom is 0.322 e. The molecule has 0 aromatic heterocycles. The van der Waals surface area contributed by atoms with Crippen molar-refractivity contribution in [2.75, 3.05) is 82.2 Å². The maximum absolute atomic E-state index is 13.8. The summed E-state index contributed by atoms with van der Waals surface area (Å²) in [7, 11) is 2.95. The molecule has 2 aromatic carbocycles. The van der Waals surface area contributed by atoms with E-state index in [0.29, 0.717) is 38.5 Å². The number of urea groups is 1. The Morgan fingerprint density at radius 2 is 1.64 bits per heavy atom. The van der Waals surface area contributed by atoms with Crippen LogP contribution in [0.25, 0.3) is 0 Å². The lowest BCUT2D eigenvalue weighted by molar-refractivity contribution is -0.138. The van der Waals surface area contributed by atoms with E-state index < -0.39 is 5.82 Å². The second-order valence-corrected chi connectivity index (χ2v) is 8.22. The van der Waals surface area contributed by atoms with Crippen LogP contribution >= 0.6 is 0 Å². The first-order valence-corrected chi connectivity index (χ1v) is 11.6. The summed E-state index contributed by atoms with van der Waals surface area (Å²) >= 11 is 0. The molecular weight excluding hydrogens is 469 g/mol. The first-order valence-electron chi connectivity index (χ1n) is 11.6. The zero-order chi connectivity index (χ0) is 25.9. The summed E-state index contributed by atoms with van der Waals surface area (Å²) in [5.74, 6) is -1.08. The summed E-state index contributed by atoms with van der Waals surface area (Å²) in [5, 5.41) is 5.41. The molecule has 0 aliphatic carbocycles. The Balaban J connectivity index is 1.48. The molecule has 3 rings (SSSR count). The van der Waals surface area contributed by atoms with Gasteiger partial charge in [-0.15, -0.1) is 0 Å². The van der Waals surface area contributed by atoms with Gasteiger partial charge in [-0.25, -0.2) is 9.18 Å². The molecule has 4 amide bonds. The number of hydrogen-bond acceptors (Lipinski definition) is 6. The fraction of sp³-hybridized carbons (Fsp3) is 0.400. The molecule has 194 valence electrons. The Kier molecular flexibility index (Phi) is 10.0. The first kappa shape index (κ1) is 26.9. The fourth-order valence-electron chi connectivity index (χ4n) is 3.76. The van der Waals surface area contributed by atoms with Crippen LogP contribution in [-0.4, -0.2) is 94.3 Å². The standard InChI is InChI=1S/C25H32FN5O5/c1-35-16-15-31(24(33)18-36-2)17-23(32)27-19-7-9-20(10-8-19)29-11-13-30(14-12-29)25(34)28-22-6-4-3-5-21(22)26/h3-10H,11-18H2,1-2H3,(H,27,32)(H,28,34). The highest BCUT2D eigenvalue weighted by atomic mass is 19.1. The lowest BCUT2D eigenvalue weighted by Gasteiger charge is -2.36. The van der Waals surface area contributed by atoms with Crippen molar-refractivity contribution in [2.24, 2.45) is 0 Å². The van der Waals surface area contributed by atoms with Gasteiger partial charge < -0.3 is 34.8 Å². The van der Waals surface area contributed by atoms with Crippen LogP contribution in [0.4, 0.5) is 26.2 Å². The Morgan fingerprint density at radius 3 is 2.28 bits per heavy atom. The van der Waals surface area contributed by atoms with Crippen LogP contribution in [0.1, 0.15) is 0 Å². The Morgan fingerprint density at radius 1 is 0.944 bits per heavy atom. The van der Waals surface area contributed by atoms with Gasteiger partial charge in [0.05, 0.1) is 12.3 Å². The molecule has 0 radical (unpaired) electrons. The third-order valence-electron chi connectivity index (χ3n) is 5.72. The molecule has 2 N–H and O–H groups in total. The normalized spacial score (nSPS) is 13.3. The van der Waals surface area contributed by atoms with Gasteiger partial charge in [-0.2, -0.15) is 0 Å². The number of amides is 4. The average molecular weight is 502 g/mol. The summed E-state index contributed by atoms with van der Waals surface area (Å²) in [5.41, 5.74) is 1.73. The van der Waals surface area contributed by atoms with Gasteiger partial charge in [0.15, 0.2) is 0 Å². The molecule has 1 heterocycles. The third kappa shape index (κ3) is 7.65. The van der Waals surface area contributed by atoms with E-state index in [1.165, 1.54) is 31.3 Å². The molecule has 0 saturated carbocycles. The number of ether oxygens (including phenoxy) is 2. The number of piperazine rings is 1. The number of rotatable bonds is 10. The highest BCUT2D eigenvalue weighted by molar-refractivity contribution is 5.95. The number of methoxy groups -OCH3 is 2. The fourth-order valence-corrected chi connectivity index (χ4v) is 3.76. The van der Waals surface area contributed by atoms with E-state index in [-0.39, 0.29) is 43.2 Å². The minimum Gasteiger partial charge on any atom is -0.383 e. The second-order valence-electron chi connectivity index (χ2n) is 8.22. The highest BCUT2D eigenvalue weighted by Gasteiger charge is 2.22. The molecule has 1 fully saturated rings. The van der Waals surface area contributed by atoms with E-state index in [0.717, 1.165) is 5.69 Å². The molecule has 1 aliphatic heterocycles. The van der Waals surface area contributed by atoms with Gasteiger partial charge in [-0.05, 0) is 36.4 Å². The number of anilines is 3. The van der Waals surface area contributed by atoms with E-state index >= 15 is 0 Å². The Labute approximate surface area is 209 Å². The smallest absolute Gasteiger partial charge is 0.322 e. The molecule has 1 aliphatic rings. The summed E-state index contributed by atoms with van der Waals surface area (Å²) in [6.07, 6.45) is 0. The number of halogens is 1. The van der Waals surface area contributed by atoms with Gasteiger partial charge in [0.2, 0.25) is 11.8 Å². The van der Waals surface area contributed by atoms with Crippen LogP contribution in [0.3, 0.4) is 0 Å². The minimum absolute atomic E-state index is 0.107. The zero-order valence-corrected chi connectivity index (χ0v) is 20.5. The molecular formula is C25H32FN5O5. The summed E-state index contributed by atoms with van der Waals surface area (Å²) < 4.78 is 23.7. The summed E-state index contributed by atoms with van der Waals surface area (Å²) in [6.45, 7) is 2.61. The monoisotopic (exact) mass is 501 g/mol. The zero-order valence-electron chi connectivity index (χ0n) is 20.5. The topological polar surface area (TPSA) is 103 Å². The van der Waals surface area contributed by atoms with E-state index in [2.05, 4.69) is 15.5 Å². The van der Waals surface area contributed by atoms with Crippen LogP contribution in [0.2, 0.25) is 0 Å². The number of nitrogens with one attached hydrogen (secondary N) is 2. The number of nitrogens with zero attached hydrogens (tertiary/aromatic N) is 3. The number of hydrogen-bond donors (Lipinski definition) is 2. The highest BCUT2D eigenvalue weighted by Crippen LogP contribution is 2.20.